The molecule has 1 aliphatic heterocycles. The standard InChI is InChI=1S/C22H26ClN5O5S/c1-22(2,3)33-21(29)27-12-6-5-7-17(27)28-18-16(13-24-28)19(26-20(23)25-18)32-14-8-10-15(11-9-14)34(4,30)31/h8-11,13,17H,5-7,12H2,1-4H3. The highest BCUT2D eigenvalue weighted by molar-refractivity contribution is 7.90. The number of halogens is 1. The number of fused-ring (bicyclic) bond motifs is 1. The molecule has 1 amide bonds. The molecule has 3 aromatic rings. The summed E-state index contributed by atoms with van der Waals surface area (Å²) in [4.78, 5) is 23.2. The molecule has 34 heavy (non-hydrogen) atoms. The predicted octanol–water partition coefficient (Wildman–Crippen LogP) is 4.60. The molecule has 1 unspecified atom stereocenters. The fourth-order valence-electron chi connectivity index (χ4n) is 3.74. The summed E-state index contributed by atoms with van der Waals surface area (Å²) in [6.45, 7) is 6.01. The minimum Gasteiger partial charge on any atom is -0.444 e. The van der Waals surface area contributed by atoms with Crippen molar-refractivity contribution in [3.63, 3.8) is 0 Å². The van der Waals surface area contributed by atoms with Crippen LogP contribution in [0.25, 0.3) is 11.0 Å². The van der Waals surface area contributed by atoms with E-state index in [1.54, 1.807) is 15.8 Å². The van der Waals surface area contributed by atoms with Crippen LogP contribution in [0, 0.1) is 0 Å². The molecule has 0 spiro atoms. The Balaban J connectivity index is 1.68. The van der Waals surface area contributed by atoms with E-state index in [9.17, 15) is 13.2 Å². The van der Waals surface area contributed by atoms with Crippen LogP contribution < -0.4 is 4.74 Å². The maximum atomic E-state index is 12.9. The highest BCUT2D eigenvalue weighted by Gasteiger charge is 2.33. The van der Waals surface area contributed by atoms with Crippen LogP contribution in [-0.4, -0.2) is 57.6 Å². The van der Waals surface area contributed by atoms with Gasteiger partial charge < -0.3 is 9.47 Å². The van der Waals surface area contributed by atoms with Crippen LogP contribution in [0.1, 0.15) is 46.2 Å². The summed E-state index contributed by atoms with van der Waals surface area (Å²) in [7, 11) is -3.32. The number of piperidine rings is 1. The van der Waals surface area contributed by atoms with Gasteiger partial charge in [0.15, 0.2) is 15.5 Å². The smallest absolute Gasteiger partial charge is 0.412 e. The number of amides is 1. The molecule has 1 atom stereocenters. The maximum Gasteiger partial charge on any atom is 0.412 e. The van der Waals surface area contributed by atoms with Gasteiger partial charge in [0, 0.05) is 12.8 Å². The molecular weight excluding hydrogens is 482 g/mol. The van der Waals surface area contributed by atoms with Gasteiger partial charge in [-0.05, 0) is 75.9 Å². The second kappa shape index (κ2) is 9.03. The molecule has 2 aromatic heterocycles. The lowest BCUT2D eigenvalue weighted by Gasteiger charge is -2.36. The van der Waals surface area contributed by atoms with Crippen LogP contribution in [0.3, 0.4) is 0 Å². The average molecular weight is 508 g/mol. The Morgan fingerprint density at radius 3 is 2.50 bits per heavy atom. The van der Waals surface area contributed by atoms with Crippen molar-refractivity contribution in [1.82, 2.24) is 24.6 Å². The van der Waals surface area contributed by atoms with Gasteiger partial charge in [0.25, 0.3) is 0 Å². The lowest BCUT2D eigenvalue weighted by molar-refractivity contribution is -0.00268. The van der Waals surface area contributed by atoms with Crippen LogP contribution in [-0.2, 0) is 14.6 Å². The van der Waals surface area contributed by atoms with E-state index in [2.05, 4.69) is 15.1 Å². The summed E-state index contributed by atoms with van der Waals surface area (Å²) < 4.78 is 36.5. The Labute approximate surface area is 202 Å². The van der Waals surface area contributed by atoms with Crippen molar-refractivity contribution in [3.05, 3.63) is 35.7 Å². The van der Waals surface area contributed by atoms with Gasteiger partial charge in [0.05, 0.1) is 11.1 Å². The van der Waals surface area contributed by atoms with E-state index in [1.165, 1.54) is 24.3 Å². The first kappa shape index (κ1) is 24.2. The highest BCUT2D eigenvalue weighted by Crippen LogP contribution is 2.34. The number of ether oxygens (including phenoxy) is 2. The molecule has 4 rings (SSSR count). The van der Waals surface area contributed by atoms with Crippen molar-refractivity contribution >= 4 is 38.6 Å². The van der Waals surface area contributed by atoms with Crippen LogP contribution in [0.5, 0.6) is 11.6 Å². The number of carbonyl (C=O) groups excluding carboxylic acids is 1. The minimum atomic E-state index is -3.32. The van der Waals surface area contributed by atoms with E-state index < -0.39 is 27.7 Å². The molecule has 0 saturated carbocycles. The van der Waals surface area contributed by atoms with E-state index in [-0.39, 0.29) is 16.1 Å². The van der Waals surface area contributed by atoms with Gasteiger partial charge in [-0.25, -0.2) is 17.9 Å². The SMILES string of the molecule is CC(C)(C)OC(=O)N1CCCCC1n1ncc2c(Oc3ccc(S(C)(=O)=O)cc3)nc(Cl)nc21. The maximum absolute atomic E-state index is 12.9. The van der Waals surface area contributed by atoms with Crippen molar-refractivity contribution in [2.45, 2.75) is 56.7 Å². The number of hydrogen-bond donors (Lipinski definition) is 0. The fraction of sp³-hybridized carbons (Fsp3) is 0.455. The molecule has 0 radical (unpaired) electrons. The van der Waals surface area contributed by atoms with Crippen LogP contribution in [0.15, 0.2) is 35.4 Å². The highest BCUT2D eigenvalue weighted by atomic mass is 35.5. The molecule has 3 heterocycles. The van der Waals surface area contributed by atoms with Gasteiger partial charge in [-0.1, -0.05) is 0 Å². The van der Waals surface area contributed by atoms with E-state index in [1.807, 2.05) is 20.8 Å². The molecule has 0 aliphatic carbocycles. The Kier molecular flexibility index (Phi) is 6.43. The number of likely N-dealkylation sites (tertiary alicyclic amines) is 1. The van der Waals surface area contributed by atoms with Gasteiger partial charge >= 0.3 is 6.09 Å². The van der Waals surface area contributed by atoms with E-state index in [4.69, 9.17) is 21.1 Å². The lowest BCUT2D eigenvalue weighted by atomic mass is 10.1. The molecule has 182 valence electrons. The minimum absolute atomic E-state index is 0.0448. The number of rotatable bonds is 4. The monoisotopic (exact) mass is 507 g/mol. The van der Waals surface area contributed by atoms with Gasteiger partial charge in [-0.15, -0.1) is 0 Å². The fourth-order valence-corrected chi connectivity index (χ4v) is 4.53. The van der Waals surface area contributed by atoms with E-state index in [0.717, 1.165) is 19.1 Å². The van der Waals surface area contributed by atoms with Crippen LogP contribution in [0.4, 0.5) is 4.79 Å². The molecule has 10 nitrogen and oxygen atoms in total. The average Bonchev–Trinajstić information content (AvgIpc) is 3.16. The first-order valence-corrected chi connectivity index (χ1v) is 13.1. The van der Waals surface area contributed by atoms with Crippen molar-refractivity contribution in [1.29, 1.82) is 0 Å². The number of nitrogens with zero attached hydrogens (tertiary/aromatic N) is 5. The van der Waals surface area contributed by atoms with Crippen molar-refractivity contribution < 1.29 is 22.7 Å². The summed E-state index contributed by atoms with van der Waals surface area (Å²) in [6, 6.07) is 5.98. The zero-order chi connectivity index (χ0) is 24.7. The van der Waals surface area contributed by atoms with Gasteiger partial charge in [0.1, 0.15) is 22.9 Å². The number of sulfone groups is 1. The van der Waals surface area contributed by atoms with Crippen molar-refractivity contribution in [3.8, 4) is 11.6 Å². The zero-order valence-electron chi connectivity index (χ0n) is 19.4. The molecule has 0 bridgehead atoms. The topological polar surface area (TPSA) is 117 Å². The second-order valence-corrected chi connectivity index (χ2v) is 11.5. The summed E-state index contributed by atoms with van der Waals surface area (Å²) in [5.41, 5.74) is -0.201. The lowest BCUT2D eigenvalue weighted by Crippen LogP contribution is -2.44. The predicted molar refractivity (Wildman–Crippen MR) is 126 cm³/mol. The largest absolute Gasteiger partial charge is 0.444 e. The van der Waals surface area contributed by atoms with Gasteiger partial charge in [-0.2, -0.15) is 15.1 Å². The van der Waals surface area contributed by atoms with Crippen molar-refractivity contribution in [2.75, 3.05) is 12.8 Å². The molecule has 1 aliphatic rings. The number of benzene rings is 1. The summed E-state index contributed by atoms with van der Waals surface area (Å²) >= 11 is 6.20. The molecular formula is C22H26ClN5O5S. The van der Waals surface area contributed by atoms with Crippen LogP contribution >= 0.6 is 11.6 Å². The third-order valence-corrected chi connectivity index (χ3v) is 6.54. The second-order valence-electron chi connectivity index (χ2n) is 9.12. The summed E-state index contributed by atoms with van der Waals surface area (Å²) in [5, 5.41) is 4.95. The quantitative estimate of drug-likeness (QED) is 0.470. The Hall–Kier alpha value is -2.92. The summed E-state index contributed by atoms with van der Waals surface area (Å²) in [6.07, 6.45) is 4.35. The Morgan fingerprint density at radius 1 is 1.15 bits per heavy atom. The van der Waals surface area contributed by atoms with Crippen LogP contribution in [0.2, 0.25) is 5.28 Å². The number of aromatic nitrogens is 4. The molecule has 1 fully saturated rings. The van der Waals surface area contributed by atoms with Gasteiger partial charge in [-0.3, -0.25) is 4.90 Å². The normalized spacial score (nSPS) is 17.1. The number of hydrogen-bond acceptors (Lipinski definition) is 8. The molecule has 12 heteroatoms. The first-order valence-electron chi connectivity index (χ1n) is 10.8. The molecule has 1 saturated heterocycles. The van der Waals surface area contributed by atoms with E-state index in [0.29, 0.717) is 29.7 Å². The first-order chi connectivity index (χ1) is 15.9. The third-order valence-electron chi connectivity index (χ3n) is 5.24. The molecule has 0 N–H and O–H groups in total. The summed E-state index contributed by atoms with van der Waals surface area (Å²) in [5.74, 6) is 0.553. The Bertz CT molecular complexity index is 1320. The Morgan fingerprint density at radius 2 is 1.85 bits per heavy atom. The van der Waals surface area contributed by atoms with Crippen molar-refractivity contribution in [2.24, 2.45) is 0 Å². The number of carbonyl (C=O) groups is 1. The zero-order valence-corrected chi connectivity index (χ0v) is 20.9. The third kappa shape index (κ3) is 5.25. The molecule has 1 aromatic carbocycles. The van der Waals surface area contributed by atoms with E-state index >= 15 is 0 Å². The van der Waals surface area contributed by atoms with Gasteiger partial charge in [0.2, 0.25) is 11.2 Å².